The van der Waals surface area contributed by atoms with E-state index in [4.69, 9.17) is 9.47 Å². The van der Waals surface area contributed by atoms with Crippen molar-refractivity contribution in [3.8, 4) is 23.0 Å². The van der Waals surface area contributed by atoms with Gasteiger partial charge in [-0.25, -0.2) is 0 Å². The van der Waals surface area contributed by atoms with E-state index < -0.39 is 20.9 Å². The third-order valence-corrected chi connectivity index (χ3v) is 7.67. The third-order valence-electron chi connectivity index (χ3n) is 6.84. The number of anilines is 1. The molecule has 0 spiro atoms. The number of nitrogens with one attached hydrogen (secondary N) is 1. The predicted molar refractivity (Wildman–Crippen MR) is 166 cm³/mol. The maximum absolute atomic E-state index is 11.8. The highest BCUT2D eigenvalue weighted by atomic mass is 32.2. The first-order valence-electron chi connectivity index (χ1n) is 13.5. The van der Waals surface area contributed by atoms with E-state index in [1.807, 2.05) is 31.2 Å². The molecule has 0 saturated carbocycles. The van der Waals surface area contributed by atoms with Crippen LogP contribution >= 0.6 is 0 Å². The number of hydrogen-bond acceptors (Lipinski definition) is 9. The summed E-state index contributed by atoms with van der Waals surface area (Å²) in [5.74, 6) is 0.659. The number of rotatable bonds is 9. The Morgan fingerprint density at radius 2 is 1.52 bits per heavy atom. The standard InChI is InChI=1S/C32H29N3O8S/c1-18-14-21-16-24(44(39,40)41)17-27(33-20(3)36)29(21)32(38)30(18)35-34-22-8-10-23(11-9-22)42-12-13-43-28-15-19(2)31(37)26-7-5-4-6-25(26)28/h4-11,14-17,37-38H,12-13H2,1-3H3,(H,33,36)(H,39,40,41). The minimum Gasteiger partial charge on any atom is -0.507 e. The Morgan fingerprint density at radius 3 is 2.20 bits per heavy atom. The molecule has 5 aromatic rings. The van der Waals surface area contributed by atoms with Crippen molar-refractivity contribution >= 4 is 54.6 Å². The first kappa shape index (κ1) is 30.3. The van der Waals surface area contributed by atoms with E-state index in [9.17, 15) is 28.0 Å². The zero-order valence-electron chi connectivity index (χ0n) is 24.0. The SMILES string of the molecule is CC(=O)Nc1cc(S(=O)(=O)O)cc2cc(C)c(N=Nc3ccc(OCCOc4cc(C)c(O)c5ccccc45)cc3)c(O)c12. The average molecular weight is 616 g/mol. The molecule has 0 aliphatic rings. The second-order valence-corrected chi connectivity index (χ2v) is 11.5. The van der Waals surface area contributed by atoms with E-state index >= 15 is 0 Å². The fourth-order valence-electron chi connectivity index (χ4n) is 4.79. The Hall–Kier alpha value is -5.20. The van der Waals surface area contributed by atoms with Crippen LogP contribution in [0.1, 0.15) is 18.1 Å². The second-order valence-electron chi connectivity index (χ2n) is 10.1. The van der Waals surface area contributed by atoms with Crippen LogP contribution in [0.3, 0.4) is 0 Å². The molecule has 0 aromatic heterocycles. The number of aromatic hydroxyl groups is 2. The number of phenols is 2. The van der Waals surface area contributed by atoms with Gasteiger partial charge in [-0.1, -0.05) is 24.3 Å². The van der Waals surface area contributed by atoms with Crippen LogP contribution in [0.4, 0.5) is 17.1 Å². The summed E-state index contributed by atoms with van der Waals surface area (Å²) in [6.07, 6.45) is 0. The van der Waals surface area contributed by atoms with Crippen LogP contribution in [-0.4, -0.2) is 42.3 Å². The Labute approximate surface area is 253 Å². The van der Waals surface area contributed by atoms with Gasteiger partial charge in [0.1, 0.15) is 36.1 Å². The molecule has 5 rings (SSSR count). The van der Waals surface area contributed by atoms with Crippen molar-refractivity contribution in [2.24, 2.45) is 10.2 Å². The topological polar surface area (TPSA) is 167 Å². The van der Waals surface area contributed by atoms with Gasteiger partial charge in [-0.15, -0.1) is 5.11 Å². The van der Waals surface area contributed by atoms with Crippen molar-refractivity contribution in [2.75, 3.05) is 18.5 Å². The van der Waals surface area contributed by atoms with Gasteiger partial charge in [-0.3, -0.25) is 9.35 Å². The number of aryl methyl sites for hydroxylation is 2. The van der Waals surface area contributed by atoms with Gasteiger partial charge >= 0.3 is 0 Å². The molecule has 0 bridgehead atoms. The summed E-state index contributed by atoms with van der Waals surface area (Å²) in [6.45, 7) is 5.26. The zero-order chi connectivity index (χ0) is 31.6. The van der Waals surface area contributed by atoms with Crippen molar-refractivity contribution in [3.05, 3.63) is 83.9 Å². The van der Waals surface area contributed by atoms with Crippen LogP contribution < -0.4 is 14.8 Å². The highest BCUT2D eigenvalue weighted by molar-refractivity contribution is 7.85. The third kappa shape index (κ3) is 6.41. The molecule has 226 valence electrons. The number of azo groups is 1. The molecule has 12 heteroatoms. The lowest BCUT2D eigenvalue weighted by Gasteiger charge is -2.14. The van der Waals surface area contributed by atoms with E-state index in [0.29, 0.717) is 22.7 Å². The van der Waals surface area contributed by atoms with E-state index in [1.165, 1.54) is 13.0 Å². The highest BCUT2D eigenvalue weighted by Gasteiger charge is 2.20. The number of hydrogen-bond donors (Lipinski definition) is 4. The Balaban J connectivity index is 1.29. The summed E-state index contributed by atoms with van der Waals surface area (Å²) in [5.41, 5.74) is 1.80. The van der Waals surface area contributed by atoms with Crippen LogP contribution in [0, 0.1) is 13.8 Å². The minimum absolute atomic E-state index is 0.00390. The molecule has 0 saturated heterocycles. The molecular weight excluding hydrogens is 586 g/mol. The van der Waals surface area contributed by atoms with Crippen LogP contribution in [0.2, 0.25) is 0 Å². The van der Waals surface area contributed by atoms with Crippen molar-refractivity contribution in [2.45, 2.75) is 25.7 Å². The molecule has 44 heavy (non-hydrogen) atoms. The molecule has 11 nitrogen and oxygen atoms in total. The highest BCUT2D eigenvalue weighted by Crippen LogP contribution is 2.43. The number of amides is 1. The Kier molecular flexibility index (Phi) is 8.39. The van der Waals surface area contributed by atoms with Crippen LogP contribution in [0.25, 0.3) is 21.5 Å². The van der Waals surface area contributed by atoms with Crippen molar-refractivity contribution < 1.29 is 37.5 Å². The van der Waals surface area contributed by atoms with Gasteiger partial charge in [-0.2, -0.15) is 13.5 Å². The van der Waals surface area contributed by atoms with Crippen molar-refractivity contribution in [1.82, 2.24) is 0 Å². The fourth-order valence-corrected chi connectivity index (χ4v) is 5.33. The zero-order valence-corrected chi connectivity index (χ0v) is 24.8. The van der Waals surface area contributed by atoms with Gasteiger partial charge in [0.15, 0.2) is 5.75 Å². The molecule has 0 unspecified atom stereocenters. The minimum atomic E-state index is -4.57. The summed E-state index contributed by atoms with van der Waals surface area (Å²) in [4.78, 5) is 11.3. The van der Waals surface area contributed by atoms with Gasteiger partial charge in [0.05, 0.1) is 16.3 Å². The summed E-state index contributed by atoms with van der Waals surface area (Å²) in [6, 6.07) is 19.9. The summed E-state index contributed by atoms with van der Waals surface area (Å²) in [7, 11) is -4.57. The Bertz CT molecular complexity index is 2040. The molecule has 0 atom stereocenters. The maximum atomic E-state index is 11.8. The van der Waals surface area contributed by atoms with Crippen molar-refractivity contribution in [3.63, 3.8) is 0 Å². The molecule has 0 fully saturated rings. The number of phenolic OH excluding ortho intramolecular Hbond substituents is 2. The Morgan fingerprint density at radius 1 is 0.841 bits per heavy atom. The second kappa shape index (κ2) is 12.2. The van der Waals surface area contributed by atoms with Gasteiger partial charge in [-0.05, 0) is 78.9 Å². The van der Waals surface area contributed by atoms with E-state index in [-0.39, 0.29) is 46.9 Å². The van der Waals surface area contributed by atoms with Crippen LogP contribution in [0.5, 0.6) is 23.0 Å². The lowest BCUT2D eigenvalue weighted by atomic mass is 10.0. The largest absolute Gasteiger partial charge is 0.507 e. The number of carbonyl (C=O) groups is 1. The predicted octanol–water partition coefficient (Wildman–Crippen LogP) is 7.10. The molecule has 0 aliphatic heterocycles. The lowest BCUT2D eigenvalue weighted by Crippen LogP contribution is -2.09. The average Bonchev–Trinajstić information content (AvgIpc) is 2.97. The monoisotopic (exact) mass is 615 g/mol. The van der Waals surface area contributed by atoms with Gasteiger partial charge < -0.3 is 25.0 Å². The molecule has 0 heterocycles. The lowest BCUT2D eigenvalue weighted by molar-refractivity contribution is -0.114. The summed E-state index contributed by atoms with van der Waals surface area (Å²) >= 11 is 0. The van der Waals surface area contributed by atoms with Gasteiger partial charge in [0.25, 0.3) is 10.1 Å². The number of nitrogens with zero attached hydrogens (tertiary/aromatic N) is 2. The number of benzene rings is 5. The fraction of sp³-hybridized carbons (Fsp3) is 0.156. The van der Waals surface area contributed by atoms with E-state index in [1.54, 1.807) is 43.3 Å². The number of carbonyl (C=O) groups excluding carboxylic acids is 1. The quantitative estimate of drug-likeness (QED) is 0.0774. The maximum Gasteiger partial charge on any atom is 0.294 e. The first-order chi connectivity index (χ1) is 20.9. The molecule has 0 radical (unpaired) electrons. The van der Waals surface area contributed by atoms with Gasteiger partial charge in [0.2, 0.25) is 5.91 Å². The van der Waals surface area contributed by atoms with Gasteiger partial charge in [0, 0.05) is 23.1 Å². The van der Waals surface area contributed by atoms with Crippen LogP contribution in [0.15, 0.2) is 87.9 Å². The van der Waals surface area contributed by atoms with Crippen LogP contribution in [-0.2, 0) is 14.9 Å². The summed E-state index contributed by atoms with van der Waals surface area (Å²) in [5, 5.41) is 34.3. The smallest absolute Gasteiger partial charge is 0.294 e. The molecule has 0 aliphatic carbocycles. The molecule has 1 amide bonds. The first-order valence-corrected chi connectivity index (χ1v) is 14.9. The molecule has 4 N–H and O–H groups in total. The normalized spacial score (nSPS) is 11.7. The van der Waals surface area contributed by atoms with Crippen molar-refractivity contribution in [1.29, 1.82) is 0 Å². The number of fused-ring (bicyclic) bond motifs is 2. The van der Waals surface area contributed by atoms with E-state index in [2.05, 4.69) is 15.5 Å². The summed E-state index contributed by atoms with van der Waals surface area (Å²) < 4.78 is 44.8. The van der Waals surface area contributed by atoms with E-state index in [0.717, 1.165) is 22.4 Å². The molecule has 5 aromatic carbocycles. The molecular formula is C32H29N3O8S. The number of ether oxygens (including phenoxy) is 2.